The molecule has 0 amide bonds. The van der Waals surface area contributed by atoms with Crippen LogP contribution in [0.15, 0.2) is 35.7 Å². The van der Waals surface area contributed by atoms with Crippen LogP contribution in [-0.4, -0.2) is 15.1 Å². The zero-order valence-electron chi connectivity index (χ0n) is 9.71. The molecule has 0 unspecified atom stereocenters. The Morgan fingerprint density at radius 2 is 2.16 bits per heavy atom. The third kappa shape index (κ3) is 2.53. The SMILES string of the molecule is OCc1cccc(Oc2nc(Cl)nc3sccc23)c1. The molecule has 2 aromatic heterocycles. The molecule has 96 valence electrons. The number of hydrogen-bond acceptors (Lipinski definition) is 5. The van der Waals surface area contributed by atoms with Gasteiger partial charge in [0.05, 0.1) is 12.0 Å². The van der Waals surface area contributed by atoms with Gasteiger partial charge in [-0.1, -0.05) is 12.1 Å². The van der Waals surface area contributed by atoms with Crippen LogP contribution in [-0.2, 0) is 6.61 Å². The summed E-state index contributed by atoms with van der Waals surface area (Å²) in [6, 6.07) is 9.08. The Morgan fingerprint density at radius 1 is 1.26 bits per heavy atom. The maximum atomic E-state index is 9.11. The van der Waals surface area contributed by atoms with Gasteiger partial charge in [0.2, 0.25) is 11.2 Å². The number of rotatable bonds is 3. The van der Waals surface area contributed by atoms with E-state index in [1.807, 2.05) is 23.6 Å². The summed E-state index contributed by atoms with van der Waals surface area (Å²) in [5.41, 5.74) is 0.777. The number of ether oxygens (including phenoxy) is 1. The van der Waals surface area contributed by atoms with Crippen LogP contribution >= 0.6 is 22.9 Å². The molecule has 3 aromatic rings. The summed E-state index contributed by atoms with van der Waals surface area (Å²) >= 11 is 7.35. The molecule has 0 saturated heterocycles. The minimum Gasteiger partial charge on any atom is -0.438 e. The minimum absolute atomic E-state index is 0.0322. The lowest BCUT2D eigenvalue weighted by Gasteiger charge is -2.07. The van der Waals surface area contributed by atoms with Crippen LogP contribution in [0.5, 0.6) is 11.6 Å². The van der Waals surface area contributed by atoms with Crippen molar-refractivity contribution in [2.45, 2.75) is 6.61 Å². The van der Waals surface area contributed by atoms with Crippen LogP contribution in [0.1, 0.15) is 5.56 Å². The van der Waals surface area contributed by atoms with Crippen LogP contribution in [0.4, 0.5) is 0 Å². The second kappa shape index (κ2) is 5.13. The summed E-state index contributed by atoms with van der Waals surface area (Å²) in [6.07, 6.45) is 0. The Labute approximate surface area is 118 Å². The van der Waals surface area contributed by atoms with Crippen molar-refractivity contribution in [3.8, 4) is 11.6 Å². The summed E-state index contributed by atoms with van der Waals surface area (Å²) in [4.78, 5) is 9.01. The molecule has 0 spiro atoms. The zero-order valence-corrected chi connectivity index (χ0v) is 11.3. The Balaban J connectivity index is 2.02. The van der Waals surface area contributed by atoms with Gasteiger partial charge in [0.15, 0.2) is 0 Å². The second-order valence-corrected chi connectivity index (χ2v) is 5.08. The summed E-state index contributed by atoms with van der Waals surface area (Å²) in [6.45, 7) is -0.0322. The van der Waals surface area contributed by atoms with E-state index in [1.54, 1.807) is 12.1 Å². The van der Waals surface area contributed by atoms with E-state index >= 15 is 0 Å². The first-order chi connectivity index (χ1) is 9.26. The molecule has 0 atom stereocenters. The van der Waals surface area contributed by atoms with E-state index < -0.39 is 0 Å². The lowest BCUT2D eigenvalue weighted by atomic mass is 10.2. The first kappa shape index (κ1) is 12.3. The number of thiophene rings is 1. The first-order valence-corrected chi connectivity index (χ1v) is 6.80. The van der Waals surface area contributed by atoms with Crippen molar-refractivity contribution >= 4 is 33.2 Å². The highest BCUT2D eigenvalue weighted by Crippen LogP contribution is 2.31. The molecule has 0 radical (unpaired) electrons. The first-order valence-electron chi connectivity index (χ1n) is 5.54. The average molecular weight is 293 g/mol. The molecule has 0 fully saturated rings. The summed E-state index contributed by atoms with van der Waals surface area (Å²) < 4.78 is 5.73. The van der Waals surface area contributed by atoms with Crippen molar-refractivity contribution in [1.29, 1.82) is 0 Å². The molecule has 1 aromatic carbocycles. The third-order valence-corrected chi connectivity index (χ3v) is 3.53. The minimum atomic E-state index is -0.0322. The Morgan fingerprint density at radius 3 is 3.00 bits per heavy atom. The molecule has 1 N–H and O–H groups in total. The highest BCUT2D eigenvalue weighted by Gasteiger charge is 2.10. The monoisotopic (exact) mass is 292 g/mol. The van der Waals surface area contributed by atoms with Crippen molar-refractivity contribution in [2.24, 2.45) is 0 Å². The molecule has 4 nitrogen and oxygen atoms in total. The average Bonchev–Trinajstić information content (AvgIpc) is 2.87. The maximum absolute atomic E-state index is 9.11. The number of aliphatic hydroxyl groups excluding tert-OH is 1. The molecule has 0 saturated carbocycles. The highest BCUT2D eigenvalue weighted by molar-refractivity contribution is 7.16. The Bertz CT molecular complexity index is 729. The number of fused-ring (bicyclic) bond motifs is 1. The van der Waals surface area contributed by atoms with E-state index in [4.69, 9.17) is 21.4 Å². The smallest absolute Gasteiger partial charge is 0.232 e. The maximum Gasteiger partial charge on any atom is 0.232 e. The highest BCUT2D eigenvalue weighted by atomic mass is 35.5. The quantitative estimate of drug-likeness (QED) is 0.749. The van der Waals surface area contributed by atoms with Gasteiger partial charge in [0.1, 0.15) is 10.6 Å². The molecular weight excluding hydrogens is 284 g/mol. The predicted octanol–water partition coefficient (Wildman–Crippen LogP) is 3.63. The number of hydrogen-bond donors (Lipinski definition) is 1. The lowest BCUT2D eigenvalue weighted by molar-refractivity contribution is 0.281. The lowest BCUT2D eigenvalue weighted by Crippen LogP contribution is -1.92. The standard InChI is InChI=1S/C13H9ClN2O2S/c14-13-15-11(10-4-5-19-12(10)16-13)18-9-3-1-2-8(6-9)7-17/h1-6,17H,7H2. The molecule has 0 aliphatic rings. The van der Waals surface area contributed by atoms with E-state index in [1.165, 1.54) is 11.3 Å². The van der Waals surface area contributed by atoms with Gasteiger partial charge in [0, 0.05) is 0 Å². The van der Waals surface area contributed by atoms with Gasteiger partial charge in [-0.15, -0.1) is 11.3 Å². The molecule has 0 aliphatic carbocycles. The number of benzene rings is 1. The van der Waals surface area contributed by atoms with E-state index in [9.17, 15) is 0 Å². The molecule has 6 heteroatoms. The summed E-state index contributed by atoms with van der Waals surface area (Å²) in [5, 5.41) is 12.0. The van der Waals surface area contributed by atoms with Crippen molar-refractivity contribution in [3.05, 3.63) is 46.6 Å². The fraction of sp³-hybridized carbons (Fsp3) is 0.0769. The van der Waals surface area contributed by atoms with Crippen LogP contribution in [0.25, 0.3) is 10.2 Å². The normalized spacial score (nSPS) is 10.8. The number of aliphatic hydroxyl groups is 1. The van der Waals surface area contributed by atoms with Gasteiger partial charge in [-0.05, 0) is 40.7 Å². The number of halogens is 1. The molecule has 19 heavy (non-hydrogen) atoms. The molecule has 0 aliphatic heterocycles. The van der Waals surface area contributed by atoms with Crippen molar-refractivity contribution in [1.82, 2.24) is 9.97 Å². The van der Waals surface area contributed by atoms with Gasteiger partial charge in [-0.25, -0.2) is 4.98 Å². The Kier molecular flexibility index (Phi) is 3.33. The third-order valence-electron chi connectivity index (χ3n) is 2.56. The Hall–Kier alpha value is -1.69. The van der Waals surface area contributed by atoms with E-state index in [2.05, 4.69) is 9.97 Å². The molecule has 0 bridgehead atoms. The summed E-state index contributed by atoms with van der Waals surface area (Å²) in [5.74, 6) is 1.03. The van der Waals surface area contributed by atoms with Gasteiger partial charge < -0.3 is 9.84 Å². The molecule has 2 heterocycles. The van der Waals surface area contributed by atoms with Crippen LogP contribution in [0.3, 0.4) is 0 Å². The van der Waals surface area contributed by atoms with Gasteiger partial charge in [0.25, 0.3) is 0 Å². The fourth-order valence-electron chi connectivity index (χ4n) is 1.70. The fourth-order valence-corrected chi connectivity index (χ4v) is 2.67. The molecular formula is C13H9ClN2O2S. The van der Waals surface area contributed by atoms with Crippen molar-refractivity contribution in [3.63, 3.8) is 0 Å². The van der Waals surface area contributed by atoms with Crippen LogP contribution in [0.2, 0.25) is 5.28 Å². The number of nitrogens with zero attached hydrogens (tertiary/aromatic N) is 2. The van der Waals surface area contributed by atoms with Crippen molar-refractivity contribution in [2.75, 3.05) is 0 Å². The van der Waals surface area contributed by atoms with E-state index in [0.717, 1.165) is 15.8 Å². The molecule has 3 rings (SSSR count). The topological polar surface area (TPSA) is 55.2 Å². The van der Waals surface area contributed by atoms with Gasteiger partial charge in [-0.2, -0.15) is 4.98 Å². The van der Waals surface area contributed by atoms with E-state index in [0.29, 0.717) is 11.6 Å². The van der Waals surface area contributed by atoms with Gasteiger partial charge >= 0.3 is 0 Å². The van der Waals surface area contributed by atoms with Crippen LogP contribution in [0, 0.1) is 0 Å². The van der Waals surface area contributed by atoms with Crippen molar-refractivity contribution < 1.29 is 9.84 Å². The largest absolute Gasteiger partial charge is 0.438 e. The zero-order chi connectivity index (χ0) is 13.2. The predicted molar refractivity (Wildman–Crippen MR) is 74.9 cm³/mol. The van der Waals surface area contributed by atoms with Crippen LogP contribution < -0.4 is 4.74 Å². The number of aromatic nitrogens is 2. The second-order valence-electron chi connectivity index (χ2n) is 3.84. The summed E-state index contributed by atoms with van der Waals surface area (Å²) in [7, 11) is 0. The van der Waals surface area contributed by atoms with Gasteiger partial charge in [-0.3, -0.25) is 0 Å². The van der Waals surface area contributed by atoms with E-state index in [-0.39, 0.29) is 11.9 Å².